The van der Waals surface area contributed by atoms with E-state index in [4.69, 9.17) is 10.9 Å². The molecule has 0 aromatic heterocycles. The van der Waals surface area contributed by atoms with E-state index in [2.05, 4.69) is 10.5 Å². The summed E-state index contributed by atoms with van der Waals surface area (Å²) in [7, 11) is 0. The van der Waals surface area contributed by atoms with Gasteiger partial charge in [0.05, 0.1) is 6.04 Å². The van der Waals surface area contributed by atoms with Gasteiger partial charge in [0, 0.05) is 25.2 Å². The lowest BCUT2D eigenvalue weighted by Gasteiger charge is -2.21. The molecule has 1 aromatic carbocycles. The monoisotopic (exact) mass is 290 g/mol. The summed E-state index contributed by atoms with van der Waals surface area (Å²) in [5.74, 6) is 0.234. The molecule has 1 aliphatic heterocycles. The number of carbonyl (C=O) groups excluding carboxylic acids is 1. The molecule has 0 saturated carbocycles. The van der Waals surface area contributed by atoms with Crippen molar-refractivity contribution < 1.29 is 10.0 Å². The van der Waals surface area contributed by atoms with Gasteiger partial charge in [-0.15, -0.1) is 0 Å². The predicted octanol–water partition coefficient (Wildman–Crippen LogP) is 0.882. The molecule has 1 atom stereocenters. The number of carbonyl (C=O) groups is 1. The van der Waals surface area contributed by atoms with Gasteiger partial charge in [-0.05, 0) is 31.4 Å². The van der Waals surface area contributed by atoms with Crippen LogP contribution in [-0.4, -0.2) is 41.0 Å². The van der Waals surface area contributed by atoms with E-state index in [9.17, 15) is 4.79 Å². The molecule has 0 bridgehead atoms. The fraction of sp³-hybridized carbons (Fsp3) is 0.467. The molecular weight excluding hydrogens is 268 g/mol. The summed E-state index contributed by atoms with van der Waals surface area (Å²) in [4.78, 5) is 14.1. The lowest BCUT2D eigenvalue weighted by molar-refractivity contribution is -0.131. The van der Waals surface area contributed by atoms with Crippen LogP contribution >= 0.6 is 0 Å². The van der Waals surface area contributed by atoms with E-state index in [1.54, 1.807) is 6.07 Å². The molecule has 0 spiro atoms. The summed E-state index contributed by atoms with van der Waals surface area (Å²) in [5, 5.41) is 14.9. The Labute approximate surface area is 124 Å². The van der Waals surface area contributed by atoms with Gasteiger partial charge in [-0.2, -0.15) is 0 Å². The lowest BCUT2D eigenvalue weighted by atomic mass is 10.1. The van der Waals surface area contributed by atoms with Crippen LogP contribution in [0.1, 0.15) is 30.9 Å². The minimum atomic E-state index is -0.212. The van der Waals surface area contributed by atoms with Crippen molar-refractivity contribution in [1.29, 1.82) is 0 Å². The van der Waals surface area contributed by atoms with Gasteiger partial charge in [-0.1, -0.05) is 23.4 Å². The zero-order chi connectivity index (χ0) is 15.2. The maximum Gasteiger partial charge on any atom is 0.239 e. The van der Waals surface area contributed by atoms with Gasteiger partial charge in [-0.3, -0.25) is 4.79 Å². The highest BCUT2D eigenvalue weighted by molar-refractivity contribution is 5.97. The van der Waals surface area contributed by atoms with Gasteiger partial charge in [0.1, 0.15) is 0 Å². The first kappa shape index (κ1) is 15.3. The fourth-order valence-corrected chi connectivity index (χ4v) is 2.47. The molecule has 2 rings (SSSR count). The quantitative estimate of drug-likeness (QED) is 0.325. The average Bonchev–Trinajstić information content (AvgIpc) is 3.05. The molecule has 1 unspecified atom stereocenters. The Balaban J connectivity index is 1.91. The van der Waals surface area contributed by atoms with Gasteiger partial charge in [0.25, 0.3) is 0 Å². The third kappa shape index (κ3) is 3.95. The number of benzene rings is 1. The zero-order valence-corrected chi connectivity index (χ0v) is 12.2. The van der Waals surface area contributed by atoms with Crippen LogP contribution < -0.4 is 11.1 Å². The molecule has 6 nitrogen and oxygen atoms in total. The lowest BCUT2D eigenvalue weighted by Crippen LogP contribution is -2.43. The van der Waals surface area contributed by atoms with Crippen molar-refractivity contribution in [2.45, 2.75) is 32.4 Å². The second kappa shape index (κ2) is 7.08. The summed E-state index contributed by atoms with van der Waals surface area (Å²) < 4.78 is 0. The van der Waals surface area contributed by atoms with E-state index >= 15 is 0 Å². The van der Waals surface area contributed by atoms with Crippen molar-refractivity contribution in [1.82, 2.24) is 10.2 Å². The number of likely N-dealkylation sites (tertiary alicyclic amines) is 1. The third-order valence-corrected chi connectivity index (χ3v) is 3.73. The maximum atomic E-state index is 12.2. The molecule has 1 fully saturated rings. The number of amidine groups is 1. The molecular formula is C15H22N4O2. The van der Waals surface area contributed by atoms with Crippen molar-refractivity contribution in [3.8, 4) is 0 Å². The van der Waals surface area contributed by atoms with Crippen LogP contribution in [0.15, 0.2) is 29.4 Å². The number of nitrogens with zero attached hydrogens (tertiary/aromatic N) is 2. The number of hydrogen-bond donors (Lipinski definition) is 3. The number of hydrogen-bond acceptors (Lipinski definition) is 4. The van der Waals surface area contributed by atoms with Crippen molar-refractivity contribution >= 4 is 11.7 Å². The third-order valence-electron chi connectivity index (χ3n) is 3.73. The highest BCUT2D eigenvalue weighted by atomic mass is 16.4. The summed E-state index contributed by atoms with van der Waals surface area (Å²) in [5.41, 5.74) is 7.22. The van der Waals surface area contributed by atoms with E-state index in [0.717, 1.165) is 31.5 Å². The first-order chi connectivity index (χ1) is 10.1. The molecule has 6 heteroatoms. The number of nitrogens with two attached hydrogens (primary N) is 1. The van der Waals surface area contributed by atoms with Crippen LogP contribution in [0.4, 0.5) is 0 Å². The van der Waals surface area contributed by atoms with E-state index in [-0.39, 0.29) is 17.8 Å². The van der Waals surface area contributed by atoms with Gasteiger partial charge in [0.15, 0.2) is 5.84 Å². The van der Waals surface area contributed by atoms with Crippen LogP contribution in [0.25, 0.3) is 0 Å². The molecule has 1 aliphatic rings. The van der Waals surface area contributed by atoms with Crippen molar-refractivity contribution in [2.24, 2.45) is 10.9 Å². The first-order valence-corrected chi connectivity index (χ1v) is 7.21. The summed E-state index contributed by atoms with van der Waals surface area (Å²) in [6.07, 6.45) is 2.19. The summed E-state index contributed by atoms with van der Waals surface area (Å²) in [6.45, 7) is 4.18. The molecule has 21 heavy (non-hydrogen) atoms. The van der Waals surface area contributed by atoms with Crippen LogP contribution in [0.5, 0.6) is 0 Å². The Bertz CT molecular complexity index is 524. The molecule has 1 heterocycles. The van der Waals surface area contributed by atoms with Gasteiger partial charge in [-0.25, -0.2) is 0 Å². The Hall–Kier alpha value is -2.08. The minimum Gasteiger partial charge on any atom is -0.409 e. The van der Waals surface area contributed by atoms with E-state index < -0.39 is 0 Å². The number of oxime groups is 1. The van der Waals surface area contributed by atoms with Gasteiger partial charge in [0.2, 0.25) is 5.91 Å². The molecule has 114 valence electrons. The van der Waals surface area contributed by atoms with Crippen LogP contribution in [0, 0.1) is 0 Å². The smallest absolute Gasteiger partial charge is 0.239 e. The Morgan fingerprint density at radius 2 is 2.19 bits per heavy atom. The summed E-state index contributed by atoms with van der Waals surface area (Å²) in [6, 6.07) is 7.19. The van der Waals surface area contributed by atoms with E-state index in [0.29, 0.717) is 12.1 Å². The van der Waals surface area contributed by atoms with Crippen LogP contribution in [0.3, 0.4) is 0 Å². The highest BCUT2D eigenvalue weighted by Gasteiger charge is 2.22. The standard InChI is InChI=1S/C15H22N4O2/c1-11(15(20)19-7-2-3-8-19)17-10-12-5-4-6-13(9-12)14(16)18-21/h4-6,9,11,17,21H,2-3,7-8,10H2,1H3,(H2,16,18). The Kier molecular flexibility index (Phi) is 5.16. The Morgan fingerprint density at radius 1 is 1.48 bits per heavy atom. The first-order valence-electron chi connectivity index (χ1n) is 7.21. The maximum absolute atomic E-state index is 12.2. The van der Waals surface area contributed by atoms with Crippen LogP contribution in [-0.2, 0) is 11.3 Å². The van der Waals surface area contributed by atoms with Crippen molar-refractivity contribution in [3.05, 3.63) is 35.4 Å². The molecule has 0 aliphatic carbocycles. The normalized spacial score (nSPS) is 17.0. The summed E-state index contributed by atoms with van der Waals surface area (Å²) >= 11 is 0. The van der Waals surface area contributed by atoms with Crippen molar-refractivity contribution in [2.75, 3.05) is 13.1 Å². The van der Waals surface area contributed by atoms with Crippen molar-refractivity contribution in [3.63, 3.8) is 0 Å². The van der Waals surface area contributed by atoms with E-state index in [1.165, 1.54) is 0 Å². The SMILES string of the molecule is CC(NCc1cccc(/C(N)=N/O)c1)C(=O)N1CCCC1. The average molecular weight is 290 g/mol. The molecule has 4 N–H and O–H groups in total. The second-order valence-electron chi connectivity index (χ2n) is 5.32. The van der Waals surface area contributed by atoms with Crippen LogP contribution in [0.2, 0.25) is 0 Å². The van der Waals surface area contributed by atoms with E-state index in [1.807, 2.05) is 30.0 Å². The molecule has 1 amide bonds. The van der Waals surface area contributed by atoms with Gasteiger partial charge < -0.3 is 21.2 Å². The minimum absolute atomic E-state index is 0.0815. The predicted molar refractivity (Wildman–Crippen MR) is 81.1 cm³/mol. The zero-order valence-electron chi connectivity index (χ0n) is 12.2. The number of amides is 1. The molecule has 1 saturated heterocycles. The highest BCUT2D eigenvalue weighted by Crippen LogP contribution is 2.10. The fourth-order valence-electron chi connectivity index (χ4n) is 2.47. The Morgan fingerprint density at radius 3 is 2.86 bits per heavy atom. The number of rotatable bonds is 5. The largest absolute Gasteiger partial charge is 0.409 e. The second-order valence-corrected chi connectivity index (χ2v) is 5.32. The van der Waals surface area contributed by atoms with Gasteiger partial charge >= 0.3 is 0 Å². The number of nitrogens with one attached hydrogen (secondary N) is 1. The molecule has 0 radical (unpaired) electrons. The molecule has 1 aromatic rings. The topological polar surface area (TPSA) is 91.0 Å².